The van der Waals surface area contributed by atoms with Gasteiger partial charge in [-0.2, -0.15) is 12.6 Å². The molecule has 0 aromatic carbocycles. The highest BCUT2D eigenvalue weighted by Crippen LogP contribution is 2.58. The van der Waals surface area contributed by atoms with E-state index in [0.29, 0.717) is 4.75 Å². The fourth-order valence-electron chi connectivity index (χ4n) is 4.28. The second-order valence-corrected chi connectivity index (χ2v) is 6.50. The van der Waals surface area contributed by atoms with Gasteiger partial charge in [-0.1, -0.05) is 0 Å². The Bertz CT molecular complexity index is 192. The van der Waals surface area contributed by atoms with Gasteiger partial charge in [-0.3, -0.25) is 0 Å². The van der Waals surface area contributed by atoms with Gasteiger partial charge in [0.15, 0.2) is 0 Å². The minimum atomic E-state index is 0.186. The summed E-state index contributed by atoms with van der Waals surface area (Å²) in [6, 6.07) is 0. The van der Waals surface area contributed by atoms with Gasteiger partial charge in [0.05, 0.1) is 0 Å². The summed E-state index contributed by atoms with van der Waals surface area (Å²) in [7, 11) is 0. The van der Waals surface area contributed by atoms with Crippen LogP contribution in [0.4, 0.5) is 0 Å². The van der Waals surface area contributed by atoms with Gasteiger partial charge in [0, 0.05) is 10.3 Å². The maximum absolute atomic E-state index is 6.36. The van der Waals surface area contributed by atoms with Crippen molar-refractivity contribution in [3.05, 3.63) is 0 Å². The molecule has 0 heterocycles. The molecule has 4 bridgehead atoms. The van der Waals surface area contributed by atoms with E-state index in [2.05, 4.69) is 0 Å². The molecule has 4 saturated carbocycles. The summed E-state index contributed by atoms with van der Waals surface area (Å²) in [5.41, 5.74) is 6.54. The maximum atomic E-state index is 6.36. The largest absolute Gasteiger partial charge is 0.325 e. The van der Waals surface area contributed by atoms with Crippen LogP contribution in [0.25, 0.3) is 0 Å². The van der Waals surface area contributed by atoms with Gasteiger partial charge in [0.25, 0.3) is 0 Å². The van der Waals surface area contributed by atoms with Gasteiger partial charge in [0.2, 0.25) is 0 Å². The Hall–Kier alpha value is 0.310. The summed E-state index contributed by atoms with van der Waals surface area (Å²) >= 11 is 4.82. The Kier molecular flexibility index (Phi) is 1.30. The second kappa shape index (κ2) is 2.03. The zero-order chi connectivity index (χ0) is 8.40. The molecule has 2 N–H and O–H groups in total. The quantitative estimate of drug-likeness (QED) is 0.552. The van der Waals surface area contributed by atoms with Crippen LogP contribution in [-0.4, -0.2) is 10.3 Å². The molecule has 1 nitrogen and oxygen atoms in total. The first kappa shape index (κ1) is 7.69. The number of rotatable bonds is 0. The Morgan fingerprint density at radius 2 is 1.67 bits per heavy atom. The predicted molar refractivity (Wildman–Crippen MR) is 53.3 cm³/mol. The maximum Gasteiger partial charge on any atom is 0.0172 e. The van der Waals surface area contributed by atoms with Crippen LogP contribution >= 0.6 is 12.6 Å². The SMILES string of the molecule is NC12C[C@@H]3C[C@@H](C1)CC(S)(C3)C2. The molecule has 12 heavy (non-hydrogen) atoms. The van der Waals surface area contributed by atoms with Crippen LogP contribution in [0, 0.1) is 11.8 Å². The average Bonchev–Trinajstić information content (AvgIpc) is 1.75. The highest BCUT2D eigenvalue weighted by atomic mass is 32.1. The lowest BCUT2D eigenvalue weighted by atomic mass is 9.53. The highest BCUT2D eigenvalue weighted by Gasteiger charge is 2.54. The summed E-state index contributed by atoms with van der Waals surface area (Å²) in [4.78, 5) is 0. The van der Waals surface area contributed by atoms with Crippen molar-refractivity contribution in [3.8, 4) is 0 Å². The molecule has 4 aliphatic carbocycles. The Balaban J connectivity index is 1.98. The molecule has 0 radical (unpaired) electrons. The van der Waals surface area contributed by atoms with Crippen molar-refractivity contribution in [2.45, 2.75) is 48.8 Å². The minimum absolute atomic E-state index is 0.186. The summed E-state index contributed by atoms with van der Waals surface area (Å²) < 4.78 is 0.332. The van der Waals surface area contributed by atoms with Gasteiger partial charge in [-0.25, -0.2) is 0 Å². The molecule has 0 aliphatic heterocycles. The van der Waals surface area contributed by atoms with E-state index in [0.717, 1.165) is 11.8 Å². The van der Waals surface area contributed by atoms with Crippen LogP contribution in [0.15, 0.2) is 0 Å². The van der Waals surface area contributed by atoms with Gasteiger partial charge in [-0.15, -0.1) is 0 Å². The number of thiol groups is 1. The van der Waals surface area contributed by atoms with E-state index in [1.807, 2.05) is 0 Å². The first-order chi connectivity index (χ1) is 5.57. The molecule has 2 atom stereocenters. The molecule has 68 valence electrons. The smallest absolute Gasteiger partial charge is 0.0172 e. The fourth-order valence-corrected chi connectivity index (χ4v) is 5.12. The Morgan fingerprint density at radius 1 is 1.08 bits per heavy atom. The van der Waals surface area contributed by atoms with E-state index in [1.165, 1.54) is 38.5 Å². The zero-order valence-corrected chi connectivity index (χ0v) is 8.32. The van der Waals surface area contributed by atoms with Crippen molar-refractivity contribution < 1.29 is 0 Å². The van der Waals surface area contributed by atoms with Crippen molar-refractivity contribution in [3.63, 3.8) is 0 Å². The van der Waals surface area contributed by atoms with Crippen LogP contribution in [0.3, 0.4) is 0 Å². The summed E-state index contributed by atoms with van der Waals surface area (Å²) in [5.74, 6) is 1.82. The third kappa shape index (κ3) is 0.973. The van der Waals surface area contributed by atoms with Crippen molar-refractivity contribution in [1.82, 2.24) is 0 Å². The Labute approximate surface area is 79.5 Å². The van der Waals surface area contributed by atoms with Crippen molar-refractivity contribution in [1.29, 1.82) is 0 Å². The lowest BCUT2D eigenvalue weighted by molar-refractivity contribution is 0.0186. The Morgan fingerprint density at radius 3 is 2.08 bits per heavy atom. The van der Waals surface area contributed by atoms with Crippen LogP contribution in [0.5, 0.6) is 0 Å². The standard InChI is InChI=1S/C10H17NS/c11-9-2-7-1-8(3-9)5-10(12,4-7)6-9/h7-8,12H,1-6,11H2/t7-,8-,9?,10?/m0/s1. The van der Waals surface area contributed by atoms with E-state index < -0.39 is 0 Å². The first-order valence-corrected chi connectivity index (χ1v) is 5.53. The number of nitrogens with two attached hydrogens (primary N) is 1. The molecule has 0 amide bonds. The van der Waals surface area contributed by atoms with Crippen molar-refractivity contribution in [2.75, 3.05) is 0 Å². The van der Waals surface area contributed by atoms with E-state index in [1.54, 1.807) is 0 Å². The van der Waals surface area contributed by atoms with Crippen LogP contribution in [0.2, 0.25) is 0 Å². The van der Waals surface area contributed by atoms with Gasteiger partial charge in [-0.05, 0) is 50.4 Å². The van der Waals surface area contributed by atoms with Crippen molar-refractivity contribution >= 4 is 12.6 Å². The fraction of sp³-hybridized carbons (Fsp3) is 1.00. The molecule has 0 unspecified atom stereocenters. The third-order valence-electron chi connectivity index (χ3n) is 4.08. The summed E-state index contributed by atoms with van der Waals surface area (Å²) in [5, 5.41) is 0. The topological polar surface area (TPSA) is 26.0 Å². The van der Waals surface area contributed by atoms with E-state index in [4.69, 9.17) is 18.4 Å². The lowest BCUT2D eigenvalue weighted by Gasteiger charge is -2.59. The van der Waals surface area contributed by atoms with E-state index >= 15 is 0 Å². The third-order valence-corrected chi connectivity index (χ3v) is 4.60. The first-order valence-electron chi connectivity index (χ1n) is 5.08. The number of hydrogen-bond donors (Lipinski definition) is 2. The monoisotopic (exact) mass is 183 g/mol. The molecule has 0 spiro atoms. The van der Waals surface area contributed by atoms with Gasteiger partial charge in [0.1, 0.15) is 0 Å². The molecule has 4 fully saturated rings. The molecule has 4 rings (SSSR count). The molecule has 0 aromatic rings. The van der Waals surface area contributed by atoms with Gasteiger partial charge < -0.3 is 5.73 Å². The molecule has 4 aliphatic rings. The normalized spacial score (nSPS) is 62.5. The predicted octanol–water partition coefficient (Wildman–Crippen LogP) is 1.97. The molecule has 0 aromatic heterocycles. The molecule has 2 heteroatoms. The van der Waals surface area contributed by atoms with Crippen LogP contribution < -0.4 is 5.73 Å². The van der Waals surface area contributed by atoms with Crippen LogP contribution in [-0.2, 0) is 0 Å². The summed E-state index contributed by atoms with van der Waals surface area (Å²) in [6.45, 7) is 0. The van der Waals surface area contributed by atoms with Crippen LogP contribution in [0.1, 0.15) is 38.5 Å². The minimum Gasteiger partial charge on any atom is -0.325 e. The second-order valence-electron chi connectivity index (χ2n) is 5.55. The highest BCUT2D eigenvalue weighted by molar-refractivity contribution is 7.81. The summed E-state index contributed by atoms with van der Waals surface area (Å²) in [6.07, 6.45) is 7.87. The lowest BCUT2D eigenvalue weighted by Crippen LogP contribution is -2.61. The average molecular weight is 183 g/mol. The van der Waals surface area contributed by atoms with Gasteiger partial charge >= 0.3 is 0 Å². The molecule has 0 saturated heterocycles. The number of hydrogen-bond acceptors (Lipinski definition) is 2. The van der Waals surface area contributed by atoms with Crippen molar-refractivity contribution in [2.24, 2.45) is 17.6 Å². The van der Waals surface area contributed by atoms with E-state index in [-0.39, 0.29) is 5.54 Å². The molecular weight excluding hydrogens is 166 g/mol. The van der Waals surface area contributed by atoms with E-state index in [9.17, 15) is 0 Å². The zero-order valence-electron chi connectivity index (χ0n) is 7.42. The molecular formula is C10H17NS.